The number of benzene rings is 1. The van der Waals surface area contributed by atoms with Gasteiger partial charge in [0.25, 0.3) is 0 Å². The molecule has 0 aliphatic heterocycles. The molecule has 0 fully saturated rings. The molecule has 2 rings (SSSR count). The molecule has 84 valence electrons. The van der Waals surface area contributed by atoms with E-state index in [9.17, 15) is 9.59 Å². The molecule has 17 heavy (non-hydrogen) atoms. The second-order valence-electron chi connectivity index (χ2n) is 3.42. The van der Waals surface area contributed by atoms with Crippen LogP contribution in [0.5, 0.6) is 0 Å². The van der Waals surface area contributed by atoms with E-state index in [-0.39, 0.29) is 16.9 Å². The molecule has 0 aliphatic carbocycles. The van der Waals surface area contributed by atoms with Gasteiger partial charge >= 0.3 is 5.97 Å². The van der Waals surface area contributed by atoms with Crippen LogP contribution < -0.4 is 0 Å². The van der Waals surface area contributed by atoms with Gasteiger partial charge in [-0.15, -0.1) is 0 Å². The van der Waals surface area contributed by atoms with Crippen LogP contribution in [0.15, 0.2) is 48.8 Å². The van der Waals surface area contributed by atoms with Crippen molar-refractivity contribution in [1.29, 1.82) is 0 Å². The Morgan fingerprint density at radius 3 is 2.35 bits per heavy atom. The van der Waals surface area contributed by atoms with E-state index < -0.39 is 5.97 Å². The highest BCUT2D eigenvalue weighted by molar-refractivity contribution is 6.14. The second kappa shape index (κ2) is 4.57. The lowest BCUT2D eigenvalue weighted by Gasteiger charge is -2.04. The number of carboxylic acid groups (broad SMARTS) is 1. The van der Waals surface area contributed by atoms with E-state index in [4.69, 9.17) is 5.11 Å². The van der Waals surface area contributed by atoms with Gasteiger partial charge in [-0.3, -0.25) is 9.78 Å². The SMILES string of the molecule is O=C(O)c1cnccc1C(=O)c1ccccc1. The lowest BCUT2D eigenvalue weighted by molar-refractivity contribution is 0.0692. The lowest BCUT2D eigenvalue weighted by atomic mass is 10.0. The molecule has 0 saturated carbocycles. The van der Waals surface area contributed by atoms with Crippen LogP contribution in [-0.4, -0.2) is 21.8 Å². The normalized spacial score (nSPS) is 9.88. The number of aromatic nitrogens is 1. The molecule has 0 atom stereocenters. The maximum atomic E-state index is 12.1. The fourth-order valence-electron chi connectivity index (χ4n) is 1.51. The van der Waals surface area contributed by atoms with Crippen LogP contribution in [0.2, 0.25) is 0 Å². The Morgan fingerprint density at radius 2 is 1.71 bits per heavy atom. The van der Waals surface area contributed by atoms with Crippen LogP contribution in [0.4, 0.5) is 0 Å². The molecule has 1 heterocycles. The molecular formula is C13H9NO3. The molecule has 1 aromatic heterocycles. The number of aromatic carboxylic acids is 1. The zero-order valence-electron chi connectivity index (χ0n) is 8.83. The van der Waals surface area contributed by atoms with Gasteiger partial charge < -0.3 is 5.11 Å². The summed E-state index contributed by atoms with van der Waals surface area (Å²) in [6.07, 6.45) is 2.58. The van der Waals surface area contributed by atoms with Crippen LogP contribution in [0.1, 0.15) is 26.3 Å². The topological polar surface area (TPSA) is 67.3 Å². The van der Waals surface area contributed by atoms with Crippen molar-refractivity contribution in [1.82, 2.24) is 4.98 Å². The first-order valence-corrected chi connectivity index (χ1v) is 4.97. The number of hydrogen-bond acceptors (Lipinski definition) is 3. The third kappa shape index (κ3) is 2.20. The maximum absolute atomic E-state index is 12.1. The minimum absolute atomic E-state index is 0.0821. The summed E-state index contributed by atoms with van der Waals surface area (Å²) in [5.41, 5.74) is 0.529. The van der Waals surface area contributed by atoms with Gasteiger partial charge in [0.2, 0.25) is 0 Å². The Bertz CT molecular complexity index is 564. The van der Waals surface area contributed by atoms with Crippen molar-refractivity contribution in [3.8, 4) is 0 Å². The van der Waals surface area contributed by atoms with Crippen molar-refractivity contribution >= 4 is 11.8 Å². The molecule has 0 radical (unpaired) electrons. The predicted octanol–water partition coefficient (Wildman–Crippen LogP) is 2.01. The summed E-state index contributed by atoms with van der Waals surface area (Å²) in [4.78, 5) is 26.8. The van der Waals surface area contributed by atoms with Gasteiger partial charge in [0.15, 0.2) is 5.78 Å². The average Bonchev–Trinajstić information content (AvgIpc) is 2.39. The summed E-state index contributed by atoms with van der Waals surface area (Å²) in [6.45, 7) is 0. The number of nitrogens with zero attached hydrogens (tertiary/aromatic N) is 1. The highest BCUT2D eigenvalue weighted by Gasteiger charge is 2.17. The number of carboxylic acids is 1. The zero-order chi connectivity index (χ0) is 12.3. The summed E-state index contributed by atoms with van der Waals surface area (Å²) >= 11 is 0. The van der Waals surface area contributed by atoms with E-state index in [1.165, 1.54) is 18.5 Å². The summed E-state index contributed by atoms with van der Waals surface area (Å²) in [5.74, 6) is -1.47. The lowest BCUT2D eigenvalue weighted by Crippen LogP contribution is -2.09. The molecule has 2 aromatic rings. The molecule has 1 N–H and O–H groups in total. The van der Waals surface area contributed by atoms with E-state index in [0.29, 0.717) is 5.56 Å². The quantitative estimate of drug-likeness (QED) is 0.814. The standard InChI is InChI=1S/C13H9NO3/c15-12(9-4-2-1-3-5-9)10-6-7-14-8-11(10)13(16)17/h1-8H,(H,16,17). The second-order valence-corrected chi connectivity index (χ2v) is 3.42. The number of carbonyl (C=O) groups is 2. The first-order chi connectivity index (χ1) is 8.20. The molecule has 0 saturated heterocycles. The Hall–Kier alpha value is -2.49. The van der Waals surface area contributed by atoms with Gasteiger partial charge in [0.1, 0.15) is 0 Å². The Kier molecular flexibility index (Phi) is 2.96. The first kappa shape index (κ1) is 11.0. The van der Waals surface area contributed by atoms with E-state index in [0.717, 1.165) is 0 Å². The molecule has 0 spiro atoms. The van der Waals surface area contributed by atoms with Gasteiger partial charge in [-0.1, -0.05) is 30.3 Å². The average molecular weight is 227 g/mol. The summed E-state index contributed by atoms with van der Waals surface area (Å²) in [5, 5.41) is 8.97. The molecule has 0 unspecified atom stereocenters. The third-order valence-electron chi connectivity index (χ3n) is 2.33. The summed E-state index contributed by atoms with van der Waals surface area (Å²) in [6, 6.07) is 9.97. The fourth-order valence-corrected chi connectivity index (χ4v) is 1.51. The van der Waals surface area contributed by atoms with Crippen LogP contribution in [-0.2, 0) is 0 Å². The molecule has 0 bridgehead atoms. The van der Waals surface area contributed by atoms with Crippen molar-refractivity contribution in [2.24, 2.45) is 0 Å². The Morgan fingerprint density at radius 1 is 1.00 bits per heavy atom. The monoisotopic (exact) mass is 227 g/mol. The number of hydrogen-bond donors (Lipinski definition) is 1. The largest absolute Gasteiger partial charge is 0.478 e. The minimum atomic E-state index is -1.16. The third-order valence-corrected chi connectivity index (χ3v) is 2.33. The van der Waals surface area contributed by atoms with Gasteiger partial charge in [0.05, 0.1) is 5.56 Å². The number of ketones is 1. The van der Waals surface area contributed by atoms with Crippen LogP contribution >= 0.6 is 0 Å². The molecule has 0 amide bonds. The van der Waals surface area contributed by atoms with Crippen molar-refractivity contribution in [3.63, 3.8) is 0 Å². The van der Waals surface area contributed by atoms with Crippen molar-refractivity contribution in [3.05, 3.63) is 65.5 Å². The van der Waals surface area contributed by atoms with E-state index in [1.807, 2.05) is 0 Å². The van der Waals surface area contributed by atoms with E-state index in [2.05, 4.69) is 4.98 Å². The zero-order valence-corrected chi connectivity index (χ0v) is 8.83. The molecule has 1 aromatic carbocycles. The van der Waals surface area contributed by atoms with Crippen molar-refractivity contribution in [2.75, 3.05) is 0 Å². The summed E-state index contributed by atoms with van der Waals surface area (Å²) in [7, 11) is 0. The fraction of sp³-hybridized carbons (Fsp3) is 0. The molecule has 4 nitrogen and oxygen atoms in total. The minimum Gasteiger partial charge on any atom is -0.478 e. The molecule has 4 heteroatoms. The van der Waals surface area contributed by atoms with E-state index in [1.54, 1.807) is 30.3 Å². The number of rotatable bonds is 3. The predicted molar refractivity (Wildman–Crippen MR) is 61.1 cm³/mol. The van der Waals surface area contributed by atoms with Crippen LogP contribution in [0.25, 0.3) is 0 Å². The van der Waals surface area contributed by atoms with Crippen LogP contribution in [0, 0.1) is 0 Å². The van der Waals surface area contributed by atoms with Gasteiger partial charge in [-0.2, -0.15) is 0 Å². The molecular weight excluding hydrogens is 218 g/mol. The maximum Gasteiger partial charge on any atom is 0.338 e. The van der Waals surface area contributed by atoms with Crippen LogP contribution in [0.3, 0.4) is 0 Å². The number of pyridine rings is 1. The highest BCUT2D eigenvalue weighted by atomic mass is 16.4. The van der Waals surface area contributed by atoms with Crippen molar-refractivity contribution in [2.45, 2.75) is 0 Å². The summed E-state index contributed by atoms with van der Waals surface area (Å²) < 4.78 is 0. The highest BCUT2D eigenvalue weighted by Crippen LogP contribution is 2.13. The van der Waals surface area contributed by atoms with Gasteiger partial charge in [-0.25, -0.2) is 4.79 Å². The van der Waals surface area contributed by atoms with E-state index >= 15 is 0 Å². The number of carbonyl (C=O) groups excluding carboxylic acids is 1. The Balaban J connectivity index is 2.48. The smallest absolute Gasteiger partial charge is 0.338 e. The molecule has 0 aliphatic rings. The first-order valence-electron chi connectivity index (χ1n) is 4.97. The van der Waals surface area contributed by atoms with Crippen molar-refractivity contribution < 1.29 is 14.7 Å². The van der Waals surface area contributed by atoms with Gasteiger partial charge in [-0.05, 0) is 6.07 Å². The van der Waals surface area contributed by atoms with Gasteiger partial charge in [0, 0.05) is 23.5 Å². The Labute approximate surface area is 97.6 Å².